The van der Waals surface area contributed by atoms with Crippen LogP contribution < -0.4 is 4.90 Å². The molecule has 0 spiro atoms. The second kappa shape index (κ2) is 7.50. The highest BCUT2D eigenvalue weighted by Crippen LogP contribution is 2.34. The summed E-state index contributed by atoms with van der Waals surface area (Å²) in [5.74, 6) is 1.24. The molecule has 2 saturated heterocycles. The first-order chi connectivity index (χ1) is 12.8. The van der Waals surface area contributed by atoms with E-state index in [0.717, 1.165) is 38.0 Å². The first kappa shape index (κ1) is 17.1. The minimum Gasteiger partial charge on any atom is -0.378 e. The molecule has 0 bridgehead atoms. The van der Waals surface area contributed by atoms with Crippen molar-refractivity contribution < 1.29 is 14.1 Å². The van der Waals surface area contributed by atoms with E-state index in [-0.39, 0.29) is 11.9 Å². The zero-order chi connectivity index (χ0) is 17.9. The second-order valence-electron chi connectivity index (χ2n) is 7.02. The lowest BCUT2D eigenvalue weighted by molar-refractivity contribution is 0.0635. The number of aromatic nitrogens is 1. The van der Waals surface area contributed by atoms with E-state index >= 15 is 0 Å². The van der Waals surface area contributed by atoms with Crippen LogP contribution in [0.25, 0.3) is 11.3 Å². The summed E-state index contributed by atoms with van der Waals surface area (Å²) >= 11 is 0. The zero-order valence-corrected chi connectivity index (χ0v) is 15.2. The molecular weight excluding hydrogens is 330 g/mol. The van der Waals surface area contributed by atoms with Crippen LogP contribution in [0, 0.1) is 0 Å². The number of nitrogens with zero attached hydrogens (tertiary/aromatic N) is 3. The van der Waals surface area contributed by atoms with Crippen molar-refractivity contribution in [1.29, 1.82) is 0 Å². The monoisotopic (exact) mass is 355 g/mol. The van der Waals surface area contributed by atoms with E-state index in [1.807, 2.05) is 35.2 Å². The molecule has 1 unspecified atom stereocenters. The van der Waals surface area contributed by atoms with Crippen molar-refractivity contribution in [2.75, 3.05) is 37.7 Å². The lowest BCUT2D eigenvalue weighted by Crippen LogP contribution is -2.43. The number of carbonyl (C=O) groups excluding carboxylic acids is 1. The maximum atomic E-state index is 13.5. The number of piperidine rings is 1. The summed E-state index contributed by atoms with van der Waals surface area (Å²) in [5, 5.41) is 4.31. The Bertz CT molecular complexity index is 753. The van der Waals surface area contributed by atoms with E-state index in [0.29, 0.717) is 30.4 Å². The van der Waals surface area contributed by atoms with Crippen molar-refractivity contribution in [3.05, 3.63) is 35.9 Å². The maximum absolute atomic E-state index is 13.5. The quantitative estimate of drug-likeness (QED) is 0.846. The van der Waals surface area contributed by atoms with Gasteiger partial charge in [0.2, 0.25) is 0 Å². The van der Waals surface area contributed by atoms with Crippen LogP contribution >= 0.6 is 0 Å². The van der Waals surface area contributed by atoms with E-state index in [1.54, 1.807) is 0 Å². The van der Waals surface area contributed by atoms with Crippen LogP contribution in [-0.2, 0) is 4.74 Å². The van der Waals surface area contributed by atoms with Crippen molar-refractivity contribution in [3.63, 3.8) is 0 Å². The highest BCUT2D eigenvalue weighted by atomic mass is 16.5. The van der Waals surface area contributed by atoms with Gasteiger partial charge in [-0.1, -0.05) is 35.5 Å². The number of hydrogen-bond donors (Lipinski definition) is 0. The Morgan fingerprint density at radius 1 is 1.12 bits per heavy atom. The van der Waals surface area contributed by atoms with E-state index < -0.39 is 0 Å². The fraction of sp³-hybridized carbons (Fsp3) is 0.500. The average molecular weight is 355 g/mol. The van der Waals surface area contributed by atoms with Gasteiger partial charge in [-0.25, -0.2) is 0 Å². The Kier molecular flexibility index (Phi) is 4.93. The molecule has 2 aromatic rings. The van der Waals surface area contributed by atoms with Gasteiger partial charge in [0.25, 0.3) is 5.91 Å². The fourth-order valence-corrected chi connectivity index (χ4v) is 3.80. The van der Waals surface area contributed by atoms with Gasteiger partial charge in [-0.3, -0.25) is 4.79 Å². The summed E-state index contributed by atoms with van der Waals surface area (Å²) in [6.45, 7) is 5.64. The first-order valence-electron chi connectivity index (χ1n) is 9.44. The molecular formula is C20H25N3O3. The van der Waals surface area contributed by atoms with Crippen molar-refractivity contribution in [2.45, 2.75) is 32.2 Å². The van der Waals surface area contributed by atoms with Crippen LogP contribution in [0.15, 0.2) is 34.9 Å². The summed E-state index contributed by atoms with van der Waals surface area (Å²) < 4.78 is 11.2. The normalized spacial score (nSPS) is 21.0. The molecule has 26 heavy (non-hydrogen) atoms. The number of benzene rings is 1. The van der Waals surface area contributed by atoms with Gasteiger partial charge in [-0.15, -0.1) is 0 Å². The minimum atomic E-state index is 0.0267. The van der Waals surface area contributed by atoms with Crippen molar-refractivity contribution in [2.24, 2.45) is 0 Å². The topological polar surface area (TPSA) is 58.8 Å². The summed E-state index contributed by atoms with van der Waals surface area (Å²) in [6, 6.07) is 10.0. The van der Waals surface area contributed by atoms with E-state index in [2.05, 4.69) is 17.0 Å². The number of hydrogen-bond acceptors (Lipinski definition) is 5. The molecule has 2 fully saturated rings. The number of morpholine rings is 1. The van der Waals surface area contributed by atoms with Crippen molar-refractivity contribution in [3.8, 4) is 11.3 Å². The highest BCUT2D eigenvalue weighted by molar-refractivity contribution is 6.04. The van der Waals surface area contributed by atoms with Gasteiger partial charge in [0.05, 0.1) is 13.2 Å². The number of rotatable bonds is 3. The third kappa shape index (κ3) is 3.21. The van der Waals surface area contributed by atoms with Crippen LogP contribution in [0.5, 0.6) is 0 Å². The molecule has 4 rings (SSSR count). The SMILES string of the molecule is CC1CCCCN1C(=O)c1c(N2CCOCC2)noc1-c1ccccc1. The predicted octanol–water partition coefficient (Wildman–Crippen LogP) is 3.19. The van der Waals surface area contributed by atoms with Gasteiger partial charge in [-0.2, -0.15) is 0 Å². The Labute approximate surface area is 153 Å². The van der Waals surface area contributed by atoms with E-state index in [4.69, 9.17) is 9.26 Å². The lowest BCUT2D eigenvalue weighted by atomic mass is 10.0. The summed E-state index contributed by atoms with van der Waals surface area (Å²) in [6.07, 6.45) is 3.27. The Hall–Kier alpha value is -2.34. The summed E-state index contributed by atoms with van der Waals surface area (Å²) in [5.41, 5.74) is 1.47. The van der Waals surface area contributed by atoms with Crippen LogP contribution in [0.4, 0.5) is 5.82 Å². The molecule has 3 heterocycles. The summed E-state index contributed by atoms with van der Waals surface area (Å²) in [4.78, 5) is 17.6. The summed E-state index contributed by atoms with van der Waals surface area (Å²) in [7, 11) is 0. The molecule has 0 radical (unpaired) electrons. The van der Waals surface area contributed by atoms with Crippen molar-refractivity contribution >= 4 is 11.7 Å². The largest absolute Gasteiger partial charge is 0.378 e. The Balaban J connectivity index is 1.76. The number of anilines is 1. The van der Waals surface area contributed by atoms with Gasteiger partial charge in [-0.05, 0) is 26.2 Å². The molecule has 2 aliphatic heterocycles. The van der Waals surface area contributed by atoms with Gasteiger partial charge in [0.1, 0.15) is 5.56 Å². The van der Waals surface area contributed by atoms with Crippen LogP contribution in [0.1, 0.15) is 36.5 Å². The smallest absolute Gasteiger partial charge is 0.261 e. The molecule has 1 atom stereocenters. The molecule has 1 aromatic heterocycles. The molecule has 0 saturated carbocycles. The number of carbonyl (C=O) groups is 1. The number of ether oxygens (including phenoxy) is 1. The first-order valence-corrected chi connectivity index (χ1v) is 9.44. The number of likely N-dealkylation sites (tertiary alicyclic amines) is 1. The second-order valence-corrected chi connectivity index (χ2v) is 7.02. The predicted molar refractivity (Wildman–Crippen MR) is 99.3 cm³/mol. The molecule has 6 nitrogen and oxygen atoms in total. The van der Waals surface area contributed by atoms with E-state index in [1.165, 1.54) is 6.42 Å². The van der Waals surface area contributed by atoms with Crippen molar-refractivity contribution in [1.82, 2.24) is 10.1 Å². The highest BCUT2D eigenvalue weighted by Gasteiger charge is 2.33. The molecule has 0 N–H and O–H groups in total. The standard InChI is InChI=1S/C20H25N3O3/c1-15-7-5-6-10-23(15)20(24)17-18(16-8-3-2-4-9-16)26-21-19(17)22-11-13-25-14-12-22/h2-4,8-9,15H,5-7,10-14H2,1H3. The van der Waals surface area contributed by atoms with Gasteiger partial charge in [0, 0.05) is 31.2 Å². The minimum absolute atomic E-state index is 0.0267. The zero-order valence-electron chi connectivity index (χ0n) is 15.2. The van der Waals surface area contributed by atoms with Crippen LogP contribution in [-0.4, -0.2) is 54.9 Å². The molecule has 0 aliphatic carbocycles. The van der Waals surface area contributed by atoms with Gasteiger partial charge >= 0.3 is 0 Å². The van der Waals surface area contributed by atoms with Gasteiger partial charge in [0.15, 0.2) is 11.6 Å². The maximum Gasteiger partial charge on any atom is 0.261 e. The molecule has 2 aliphatic rings. The lowest BCUT2D eigenvalue weighted by Gasteiger charge is -2.34. The Morgan fingerprint density at radius 3 is 2.62 bits per heavy atom. The number of amides is 1. The third-order valence-corrected chi connectivity index (χ3v) is 5.30. The Morgan fingerprint density at radius 2 is 1.88 bits per heavy atom. The molecule has 1 amide bonds. The van der Waals surface area contributed by atoms with Gasteiger partial charge < -0.3 is 19.1 Å². The molecule has 1 aromatic carbocycles. The van der Waals surface area contributed by atoms with E-state index in [9.17, 15) is 4.79 Å². The fourth-order valence-electron chi connectivity index (χ4n) is 3.80. The average Bonchev–Trinajstić information content (AvgIpc) is 3.14. The van der Waals surface area contributed by atoms with Crippen LogP contribution in [0.3, 0.4) is 0 Å². The molecule has 138 valence electrons. The third-order valence-electron chi connectivity index (χ3n) is 5.30. The molecule has 6 heteroatoms. The van der Waals surface area contributed by atoms with Crippen LogP contribution in [0.2, 0.25) is 0 Å².